The van der Waals surface area contributed by atoms with E-state index >= 15 is 0 Å². The molecule has 25 heavy (non-hydrogen) atoms. The maximum absolute atomic E-state index is 12.4. The first kappa shape index (κ1) is 17.0. The SMILES string of the molecule is Cc1ccccc1NC(=O)C(C)Nc1cccc(N2CCCC2=O)c1. The Bertz CT molecular complexity index is 788. The third-order valence-electron chi connectivity index (χ3n) is 4.41. The van der Waals surface area contributed by atoms with Gasteiger partial charge in [-0.2, -0.15) is 0 Å². The second-order valence-electron chi connectivity index (χ2n) is 6.37. The van der Waals surface area contributed by atoms with Gasteiger partial charge in [-0.25, -0.2) is 0 Å². The van der Waals surface area contributed by atoms with Crippen LogP contribution in [0.1, 0.15) is 25.3 Å². The molecule has 2 aromatic rings. The quantitative estimate of drug-likeness (QED) is 0.877. The van der Waals surface area contributed by atoms with E-state index in [2.05, 4.69) is 10.6 Å². The Hall–Kier alpha value is -2.82. The van der Waals surface area contributed by atoms with Crippen LogP contribution in [-0.2, 0) is 9.59 Å². The fourth-order valence-electron chi connectivity index (χ4n) is 2.95. The highest BCUT2D eigenvalue weighted by atomic mass is 16.2. The zero-order chi connectivity index (χ0) is 17.8. The van der Waals surface area contributed by atoms with Gasteiger partial charge in [0.05, 0.1) is 0 Å². The fourth-order valence-corrected chi connectivity index (χ4v) is 2.95. The standard InChI is InChI=1S/C20H23N3O2/c1-14-7-3-4-10-18(14)22-20(25)15(2)21-16-8-5-9-17(13-16)23-12-6-11-19(23)24/h3-5,7-10,13,15,21H,6,11-12H2,1-2H3,(H,22,25). The van der Waals surface area contributed by atoms with E-state index in [1.165, 1.54) is 0 Å². The monoisotopic (exact) mass is 337 g/mol. The molecule has 1 fully saturated rings. The van der Waals surface area contributed by atoms with E-state index in [4.69, 9.17) is 0 Å². The lowest BCUT2D eigenvalue weighted by atomic mass is 10.2. The molecular formula is C20H23N3O2. The predicted molar refractivity (Wildman–Crippen MR) is 101 cm³/mol. The number of rotatable bonds is 5. The van der Waals surface area contributed by atoms with Crippen molar-refractivity contribution in [3.8, 4) is 0 Å². The summed E-state index contributed by atoms with van der Waals surface area (Å²) in [4.78, 5) is 26.1. The molecular weight excluding hydrogens is 314 g/mol. The summed E-state index contributed by atoms with van der Waals surface area (Å²) in [5.41, 5.74) is 3.54. The van der Waals surface area contributed by atoms with E-state index in [0.717, 1.165) is 35.6 Å². The number of anilines is 3. The molecule has 0 aliphatic carbocycles. The highest BCUT2D eigenvalue weighted by Crippen LogP contribution is 2.24. The van der Waals surface area contributed by atoms with E-state index in [1.54, 1.807) is 4.90 Å². The molecule has 0 bridgehead atoms. The maximum atomic E-state index is 12.4. The van der Waals surface area contributed by atoms with Crippen LogP contribution in [-0.4, -0.2) is 24.4 Å². The largest absolute Gasteiger partial charge is 0.374 e. The number of benzene rings is 2. The number of amides is 2. The van der Waals surface area contributed by atoms with Gasteiger partial charge >= 0.3 is 0 Å². The molecule has 0 radical (unpaired) electrons. The topological polar surface area (TPSA) is 61.4 Å². The second-order valence-corrected chi connectivity index (χ2v) is 6.37. The van der Waals surface area contributed by atoms with Gasteiger partial charge in [-0.1, -0.05) is 24.3 Å². The first-order valence-corrected chi connectivity index (χ1v) is 8.58. The van der Waals surface area contributed by atoms with E-state index in [-0.39, 0.29) is 11.8 Å². The summed E-state index contributed by atoms with van der Waals surface area (Å²) < 4.78 is 0. The number of aryl methyl sites for hydroxylation is 1. The van der Waals surface area contributed by atoms with E-state index in [1.807, 2.05) is 62.4 Å². The number of hydrogen-bond donors (Lipinski definition) is 2. The highest BCUT2D eigenvalue weighted by Gasteiger charge is 2.22. The molecule has 0 spiro atoms. The molecule has 2 aromatic carbocycles. The molecule has 5 nitrogen and oxygen atoms in total. The Morgan fingerprint density at radius 1 is 1.16 bits per heavy atom. The first-order chi connectivity index (χ1) is 12.0. The summed E-state index contributed by atoms with van der Waals surface area (Å²) in [6, 6.07) is 14.9. The van der Waals surface area contributed by atoms with Crippen molar-refractivity contribution in [2.24, 2.45) is 0 Å². The number of para-hydroxylation sites is 1. The summed E-state index contributed by atoms with van der Waals surface area (Å²) in [5, 5.41) is 6.15. The predicted octanol–water partition coefficient (Wildman–Crippen LogP) is 3.56. The molecule has 1 saturated heterocycles. The fraction of sp³-hybridized carbons (Fsp3) is 0.300. The molecule has 2 amide bonds. The Kier molecular flexibility index (Phi) is 5.03. The van der Waals surface area contributed by atoms with Gasteiger partial charge in [0.2, 0.25) is 11.8 Å². The van der Waals surface area contributed by atoms with Crippen LogP contribution in [0, 0.1) is 6.92 Å². The van der Waals surface area contributed by atoms with Crippen molar-refractivity contribution in [1.29, 1.82) is 0 Å². The molecule has 1 atom stereocenters. The minimum absolute atomic E-state index is 0.100. The Labute approximate surface area is 148 Å². The van der Waals surface area contributed by atoms with Crippen molar-refractivity contribution in [2.45, 2.75) is 32.7 Å². The number of nitrogens with one attached hydrogen (secondary N) is 2. The number of nitrogens with zero attached hydrogens (tertiary/aromatic N) is 1. The molecule has 1 aliphatic heterocycles. The smallest absolute Gasteiger partial charge is 0.246 e. The maximum Gasteiger partial charge on any atom is 0.246 e. The normalized spacial score (nSPS) is 15.1. The third kappa shape index (κ3) is 3.99. The Balaban J connectivity index is 1.66. The van der Waals surface area contributed by atoms with Crippen molar-refractivity contribution in [2.75, 3.05) is 22.1 Å². The van der Waals surface area contributed by atoms with Gasteiger partial charge in [0.15, 0.2) is 0 Å². The van der Waals surface area contributed by atoms with E-state index < -0.39 is 6.04 Å². The van der Waals surface area contributed by atoms with Gasteiger partial charge in [0.1, 0.15) is 6.04 Å². The zero-order valence-electron chi connectivity index (χ0n) is 14.6. The van der Waals surface area contributed by atoms with Crippen LogP contribution >= 0.6 is 0 Å². The molecule has 1 unspecified atom stereocenters. The van der Waals surface area contributed by atoms with Crippen molar-refractivity contribution >= 4 is 28.9 Å². The molecule has 1 aliphatic rings. The van der Waals surface area contributed by atoms with E-state index in [9.17, 15) is 9.59 Å². The first-order valence-electron chi connectivity index (χ1n) is 8.58. The lowest BCUT2D eigenvalue weighted by Crippen LogP contribution is -2.32. The van der Waals surface area contributed by atoms with Crippen LogP contribution in [0.15, 0.2) is 48.5 Å². The summed E-state index contributed by atoms with van der Waals surface area (Å²) in [6.07, 6.45) is 1.50. The van der Waals surface area contributed by atoms with Crippen LogP contribution in [0.25, 0.3) is 0 Å². The average Bonchev–Trinajstić information content (AvgIpc) is 3.03. The lowest BCUT2D eigenvalue weighted by Gasteiger charge is -2.19. The minimum atomic E-state index is -0.399. The van der Waals surface area contributed by atoms with Crippen molar-refractivity contribution in [1.82, 2.24) is 0 Å². The summed E-state index contributed by atoms with van der Waals surface area (Å²) in [6.45, 7) is 4.54. The van der Waals surface area contributed by atoms with Gasteiger partial charge in [0, 0.05) is 30.0 Å². The zero-order valence-corrected chi connectivity index (χ0v) is 14.6. The van der Waals surface area contributed by atoms with Gasteiger partial charge in [-0.05, 0) is 50.1 Å². The van der Waals surface area contributed by atoms with Crippen molar-refractivity contribution < 1.29 is 9.59 Å². The highest BCUT2D eigenvalue weighted by molar-refractivity contribution is 5.97. The van der Waals surface area contributed by atoms with Crippen LogP contribution in [0.5, 0.6) is 0 Å². The van der Waals surface area contributed by atoms with Crippen molar-refractivity contribution in [3.63, 3.8) is 0 Å². The van der Waals surface area contributed by atoms with Gasteiger partial charge in [-0.3, -0.25) is 9.59 Å². The van der Waals surface area contributed by atoms with Crippen LogP contribution in [0.3, 0.4) is 0 Å². The summed E-state index contributed by atoms with van der Waals surface area (Å²) in [7, 11) is 0. The number of carbonyl (C=O) groups excluding carboxylic acids is 2. The van der Waals surface area contributed by atoms with Crippen LogP contribution in [0.4, 0.5) is 17.1 Å². The lowest BCUT2D eigenvalue weighted by molar-refractivity contribution is -0.117. The Morgan fingerprint density at radius 3 is 2.68 bits per heavy atom. The van der Waals surface area contributed by atoms with Gasteiger partial charge in [0.25, 0.3) is 0 Å². The van der Waals surface area contributed by atoms with Crippen LogP contribution in [0.2, 0.25) is 0 Å². The Morgan fingerprint density at radius 2 is 1.96 bits per heavy atom. The molecule has 1 heterocycles. The molecule has 3 rings (SSSR count). The molecule has 0 saturated carbocycles. The number of carbonyl (C=O) groups is 2. The molecule has 2 N–H and O–H groups in total. The third-order valence-corrected chi connectivity index (χ3v) is 4.41. The number of hydrogen-bond acceptors (Lipinski definition) is 3. The van der Waals surface area contributed by atoms with E-state index in [0.29, 0.717) is 6.42 Å². The van der Waals surface area contributed by atoms with Gasteiger partial charge < -0.3 is 15.5 Å². The minimum Gasteiger partial charge on any atom is -0.374 e. The summed E-state index contributed by atoms with van der Waals surface area (Å²) in [5.74, 6) is 0.0550. The van der Waals surface area contributed by atoms with Gasteiger partial charge in [-0.15, -0.1) is 0 Å². The van der Waals surface area contributed by atoms with Crippen molar-refractivity contribution in [3.05, 3.63) is 54.1 Å². The molecule has 0 aromatic heterocycles. The second kappa shape index (κ2) is 7.38. The average molecular weight is 337 g/mol. The summed E-state index contributed by atoms with van der Waals surface area (Å²) >= 11 is 0. The van der Waals surface area contributed by atoms with Crippen LogP contribution < -0.4 is 15.5 Å². The molecule has 5 heteroatoms. The molecule has 130 valence electrons.